The molecule has 0 aliphatic heterocycles. The fourth-order valence-corrected chi connectivity index (χ4v) is 2.76. The number of nitrogens with zero attached hydrogens (tertiary/aromatic N) is 4. The van der Waals surface area contributed by atoms with Gasteiger partial charge in [0.25, 0.3) is 0 Å². The Morgan fingerprint density at radius 3 is 2.63 bits per heavy atom. The molecule has 0 unspecified atom stereocenters. The van der Waals surface area contributed by atoms with E-state index in [0.29, 0.717) is 28.2 Å². The Hall–Kier alpha value is -3.00. The summed E-state index contributed by atoms with van der Waals surface area (Å²) in [7, 11) is 3.14. The van der Waals surface area contributed by atoms with Crippen LogP contribution in [0, 0.1) is 5.82 Å². The van der Waals surface area contributed by atoms with Crippen LogP contribution >= 0.6 is 11.6 Å². The van der Waals surface area contributed by atoms with Crippen molar-refractivity contribution in [2.45, 2.75) is 13.0 Å². The second-order valence-electron chi connectivity index (χ2n) is 5.82. The van der Waals surface area contributed by atoms with Crippen molar-refractivity contribution in [3.63, 3.8) is 0 Å². The van der Waals surface area contributed by atoms with Gasteiger partial charge in [-0.15, -0.1) is 0 Å². The molecule has 1 atom stereocenters. The first-order valence-corrected chi connectivity index (χ1v) is 8.42. The lowest BCUT2D eigenvalue weighted by Crippen LogP contribution is -2.33. The Balaban J connectivity index is 1.86. The first kappa shape index (κ1) is 18.8. The maximum atomic E-state index is 13.3. The predicted octanol–water partition coefficient (Wildman–Crippen LogP) is 4.05. The molecular weight excluding hydrogens is 373 g/mol. The van der Waals surface area contributed by atoms with Crippen molar-refractivity contribution in [2.24, 2.45) is 0 Å². The number of amides is 2. The van der Waals surface area contributed by atoms with E-state index < -0.39 is 11.8 Å². The van der Waals surface area contributed by atoms with Gasteiger partial charge in [-0.05, 0) is 25.1 Å². The number of anilines is 1. The minimum Gasteiger partial charge on any atom is -0.479 e. The van der Waals surface area contributed by atoms with E-state index in [-0.39, 0.29) is 11.1 Å². The van der Waals surface area contributed by atoms with Crippen LogP contribution in [0.25, 0.3) is 11.0 Å². The van der Waals surface area contributed by atoms with Gasteiger partial charge in [0, 0.05) is 36.9 Å². The number of hydrogen-bond donors (Lipinski definition) is 1. The lowest BCUT2D eigenvalue weighted by Gasteiger charge is -2.26. The summed E-state index contributed by atoms with van der Waals surface area (Å²) in [6, 6.07) is 3.23. The van der Waals surface area contributed by atoms with E-state index in [2.05, 4.69) is 20.3 Å². The van der Waals surface area contributed by atoms with Gasteiger partial charge in [-0.3, -0.25) is 4.98 Å². The number of carbonyl (C=O) groups excluding carboxylic acids is 1. The number of urea groups is 1. The number of ether oxygens (including phenoxy) is 1. The number of hydrogen-bond acceptors (Lipinski definition) is 5. The quantitative estimate of drug-likeness (QED) is 0.728. The molecule has 1 aromatic carbocycles. The van der Waals surface area contributed by atoms with Crippen LogP contribution in [0.1, 0.15) is 18.5 Å². The SMILES string of the molecule is COc1ncc([C@H](C)N(C)C(=O)Nc2ccc(F)c(Cl)c2)c2nccnc12. The largest absolute Gasteiger partial charge is 0.479 e. The van der Waals surface area contributed by atoms with Crippen molar-refractivity contribution in [3.8, 4) is 5.88 Å². The molecule has 0 radical (unpaired) electrons. The molecule has 3 aromatic rings. The third-order valence-electron chi connectivity index (χ3n) is 4.21. The van der Waals surface area contributed by atoms with Crippen molar-refractivity contribution < 1.29 is 13.9 Å². The van der Waals surface area contributed by atoms with Gasteiger partial charge in [-0.1, -0.05) is 11.6 Å². The van der Waals surface area contributed by atoms with Gasteiger partial charge in [0.2, 0.25) is 5.88 Å². The van der Waals surface area contributed by atoms with Crippen molar-refractivity contribution in [1.82, 2.24) is 19.9 Å². The average molecular weight is 390 g/mol. The summed E-state index contributed by atoms with van der Waals surface area (Å²) in [5.74, 6) is -0.187. The molecule has 0 fully saturated rings. The van der Waals surface area contributed by atoms with Gasteiger partial charge in [-0.25, -0.2) is 19.2 Å². The molecule has 2 amide bonds. The van der Waals surface area contributed by atoms with Crippen LogP contribution in [-0.4, -0.2) is 40.0 Å². The molecule has 1 N–H and O–H groups in total. The summed E-state index contributed by atoms with van der Waals surface area (Å²) >= 11 is 5.75. The van der Waals surface area contributed by atoms with Crippen molar-refractivity contribution in [3.05, 3.63) is 53.2 Å². The second kappa shape index (κ2) is 7.71. The summed E-state index contributed by atoms with van der Waals surface area (Å²) in [5.41, 5.74) is 2.22. The van der Waals surface area contributed by atoms with E-state index >= 15 is 0 Å². The van der Waals surface area contributed by atoms with E-state index in [4.69, 9.17) is 16.3 Å². The predicted molar refractivity (Wildman–Crippen MR) is 100 cm³/mol. The molecule has 3 rings (SSSR count). The standard InChI is InChI=1S/C18H17ClFN5O2/c1-10(12-9-23-17(27-3)16-15(12)21-6-7-22-16)25(2)18(26)24-11-4-5-14(20)13(19)8-11/h4-10H,1-3H3,(H,24,26)/t10-/m0/s1. The lowest BCUT2D eigenvalue weighted by molar-refractivity contribution is 0.208. The number of halogens is 2. The van der Waals surface area contributed by atoms with Gasteiger partial charge in [0.1, 0.15) is 11.3 Å². The molecule has 0 aliphatic carbocycles. The van der Waals surface area contributed by atoms with Crippen molar-refractivity contribution in [2.75, 3.05) is 19.5 Å². The van der Waals surface area contributed by atoms with E-state index in [9.17, 15) is 9.18 Å². The summed E-state index contributed by atoms with van der Waals surface area (Å²) in [5, 5.41) is 2.62. The van der Waals surface area contributed by atoms with E-state index in [0.717, 1.165) is 0 Å². The topological polar surface area (TPSA) is 80.2 Å². The van der Waals surface area contributed by atoms with Crippen LogP contribution in [-0.2, 0) is 0 Å². The van der Waals surface area contributed by atoms with Crippen LogP contribution in [0.15, 0.2) is 36.8 Å². The Labute approximate surface area is 160 Å². The molecule has 7 nitrogen and oxygen atoms in total. The lowest BCUT2D eigenvalue weighted by atomic mass is 10.1. The number of methoxy groups -OCH3 is 1. The number of nitrogens with one attached hydrogen (secondary N) is 1. The minimum atomic E-state index is -0.550. The van der Waals surface area contributed by atoms with E-state index in [1.807, 2.05) is 6.92 Å². The zero-order valence-electron chi connectivity index (χ0n) is 14.9. The van der Waals surface area contributed by atoms with Crippen molar-refractivity contribution >= 4 is 34.4 Å². The number of rotatable bonds is 4. The van der Waals surface area contributed by atoms with Crippen LogP contribution in [0.4, 0.5) is 14.9 Å². The number of benzene rings is 1. The van der Waals surface area contributed by atoms with Crippen LogP contribution in [0.5, 0.6) is 5.88 Å². The van der Waals surface area contributed by atoms with E-state index in [1.165, 1.54) is 30.2 Å². The van der Waals surface area contributed by atoms with Gasteiger partial charge in [0.15, 0.2) is 5.52 Å². The average Bonchev–Trinajstić information content (AvgIpc) is 2.68. The Kier molecular flexibility index (Phi) is 5.36. The smallest absolute Gasteiger partial charge is 0.322 e. The normalized spacial score (nSPS) is 11.9. The van der Waals surface area contributed by atoms with Gasteiger partial charge in [-0.2, -0.15) is 0 Å². The number of fused-ring (bicyclic) bond motifs is 1. The third kappa shape index (κ3) is 3.75. The third-order valence-corrected chi connectivity index (χ3v) is 4.50. The zero-order chi connectivity index (χ0) is 19.6. The Bertz CT molecular complexity index is 1000. The summed E-state index contributed by atoms with van der Waals surface area (Å²) < 4.78 is 18.5. The Morgan fingerprint density at radius 1 is 1.26 bits per heavy atom. The number of aromatic nitrogens is 3. The molecule has 140 valence electrons. The second-order valence-corrected chi connectivity index (χ2v) is 6.23. The maximum Gasteiger partial charge on any atom is 0.322 e. The van der Waals surface area contributed by atoms with Crippen LogP contribution < -0.4 is 10.1 Å². The molecule has 2 heterocycles. The highest BCUT2D eigenvalue weighted by molar-refractivity contribution is 6.31. The first-order chi connectivity index (χ1) is 12.9. The summed E-state index contributed by atoms with van der Waals surface area (Å²) in [4.78, 5) is 26.9. The molecule has 0 spiro atoms. The van der Waals surface area contributed by atoms with Crippen LogP contribution in [0.2, 0.25) is 5.02 Å². The molecule has 27 heavy (non-hydrogen) atoms. The monoisotopic (exact) mass is 389 g/mol. The van der Waals surface area contributed by atoms with Crippen molar-refractivity contribution in [1.29, 1.82) is 0 Å². The number of pyridine rings is 1. The summed E-state index contributed by atoms with van der Waals surface area (Å²) in [6.07, 6.45) is 4.73. The fourth-order valence-electron chi connectivity index (χ4n) is 2.58. The molecule has 0 aliphatic rings. The highest BCUT2D eigenvalue weighted by Crippen LogP contribution is 2.29. The van der Waals surface area contributed by atoms with Gasteiger partial charge >= 0.3 is 6.03 Å². The molecular formula is C18H17ClFN5O2. The first-order valence-electron chi connectivity index (χ1n) is 8.04. The molecule has 0 saturated heterocycles. The molecule has 9 heteroatoms. The minimum absolute atomic E-state index is 0.0656. The van der Waals surface area contributed by atoms with Crippen LogP contribution in [0.3, 0.4) is 0 Å². The molecule has 0 saturated carbocycles. The highest BCUT2D eigenvalue weighted by Gasteiger charge is 2.22. The van der Waals surface area contributed by atoms with E-state index in [1.54, 1.807) is 25.6 Å². The zero-order valence-corrected chi connectivity index (χ0v) is 15.7. The summed E-state index contributed by atoms with van der Waals surface area (Å²) in [6.45, 7) is 1.84. The number of carbonyl (C=O) groups is 1. The van der Waals surface area contributed by atoms with Gasteiger partial charge in [0.05, 0.1) is 18.2 Å². The van der Waals surface area contributed by atoms with Gasteiger partial charge < -0.3 is 15.0 Å². The maximum absolute atomic E-state index is 13.3. The Morgan fingerprint density at radius 2 is 1.96 bits per heavy atom. The highest BCUT2D eigenvalue weighted by atomic mass is 35.5. The molecule has 0 bridgehead atoms. The molecule has 2 aromatic heterocycles. The fraction of sp³-hybridized carbons (Fsp3) is 0.222.